The molecule has 0 saturated heterocycles. The van der Waals surface area contributed by atoms with Gasteiger partial charge >= 0.3 is 29.8 Å². The number of hydrogen-bond acceptors (Lipinski definition) is 14. The second kappa shape index (κ2) is 14.0. The van der Waals surface area contributed by atoms with E-state index in [0.29, 0.717) is 27.3 Å². The van der Waals surface area contributed by atoms with Gasteiger partial charge in [0.15, 0.2) is 0 Å². The number of nitrogens with zero attached hydrogens (tertiary/aromatic N) is 1. The molecule has 3 aliphatic heterocycles. The second-order valence-corrected chi connectivity index (χ2v) is 15.3. The highest BCUT2D eigenvalue weighted by molar-refractivity contribution is 8.26. The number of hydrogen-bond donors (Lipinski definition) is 0. The van der Waals surface area contributed by atoms with Crippen LogP contribution < -0.4 is 4.90 Å². The Morgan fingerprint density at radius 2 is 1.28 bits per heavy atom. The average molecular weight is 740 g/mol. The van der Waals surface area contributed by atoms with E-state index >= 15 is 0 Å². The van der Waals surface area contributed by atoms with Crippen LogP contribution in [0.15, 0.2) is 73.7 Å². The summed E-state index contributed by atoms with van der Waals surface area (Å²) in [6, 6.07) is 13.9. The molecule has 262 valence electrons. The molecule has 0 aliphatic carbocycles. The molecule has 0 saturated carbocycles. The summed E-state index contributed by atoms with van der Waals surface area (Å²) in [5.41, 5.74) is 0.974. The van der Waals surface area contributed by atoms with Crippen molar-refractivity contribution in [3.8, 4) is 0 Å². The van der Waals surface area contributed by atoms with Gasteiger partial charge in [-0.05, 0) is 32.9 Å². The van der Waals surface area contributed by atoms with Crippen molar-refractivity contribution < 1.29 is 52.5 Å². The molecule has 3 heterocycles. The SMILES string of the molecule is COC(=O)C1=C(C(=O)OC)SC2(S1)C(C(=O)OC)=C(C(=O)OC)SC1=C2c2cc(C)ccc2N(C(=O)[C@@H](OC(C)=O)c2ccccc2)C1(C)C. The van der Waals surface area contributed by atoms with Gasteiger partial charge in [-0.15, -0.1) is 0 Å². The molecule has 1 spiro atoms. The lowest BCUT2D eigenvalue weighted by molar-refractivity contribution is -0.153. The van der Waals surface area contributed by atoms with Gasteiger partial charge < -0.3 is 23.7 Å². The zero-order valence-electron chi connectivity index (χ0n) is 28.4. The zero-order valence-corrected chi connectivity index (χ0v) is 30.8. The minimum Gasteiger partial charge on any atom is -0.466 e. The Balaban J connectivity index is 1.87. The molecule has 5 rings (SSSR count). The number of esters is 5. The topological polar surface area (TPSA) is 152 Å². The van der Waals surface area contributed by atoms with Crippen LogP contribution in [0.25, 0.3) is 5.57 Å². The predicted octanol–water partition coefficient (Wildman–Crippen LogP) is 5.22. The maximum absolute atomic E-state index is 14.8. The summed E-state index contributed by atoms with van der Waals surface area (Å²) >= 11 is 2.59. The standard InChI is InChI=1S/C35H33NO11S3/c1-17-14-15-21-20(16-17)22-28(34(3,4)36(21)29(38)24(47-18(2)37)19-12-10-9-11-13-19)48-25(31(40)44-6)23(30(39)43-5)35(22)49-26(32(41)45-7)27(50-35)33(42)46-8/h9-16,24H,1-8H3/t24-/m0/s1. The molecule has 15 heteroatoms. The normalized spacial score (nSPS) is 17.8. The molecule has 2 aromatic carbocycles. The maximum atomic E-state index is 14.8. The van der Waals surface area contributed by atoms with Crippen LogP contribution in [0.2, 0.25) is 0 Å². The van der Waals surface area contributed by atoms with E-state index in [1.807, 2.05) is 6.92 Å². The van der Waals surface area contributed by atoms with Gasteiger partial charge in [0.05, 0.1) is 45.2 Å². The van der Waals surface area contributed by atoms with Crippen molar-refractivity contribution in [2.75, 3.05) is 33.3 Å². The molecule has 50 heavy (non-hydrogen) atoms. The van der Waals surface area contributed by atoms with E-state index < -0.39 is 51.5 Å². The van der Waals surface area contributed by atoms with Gasteiger partial charge in [-0.2, -0.15) is 0 Å². The van der Waals surface area contributed by atoms with E-state index in [2.05, 4.69) is 0 Å². The molecule has 0 aromatic heterocycles. The highest BCUT2D eigenvalue weighted by Gasteiger charge is 2.62. The lowest BCUT2D eigenvalue weighted by Gasteiger charge is -2.51. The van der Waals surface area contributed by atoms with Crippen LogP contribution in [-0.4, -0.2) is 73.8 Å². The van der Waals surface area contributed by atoms with Crippen LogP contribution in [0.1, 0.15) is 43.6 Å². The second-order valence-electron chi connectivity index (χ2n) is 11.6. The number of thioether (sulfide) groups is 3. The van der Waals surface area contributed by atoms with E-state index in [4.69, 9.17) is 23.7 Å². The Labute approximate surface area is 300 Å². The third-order valence-corrected chi connectivity index (χ3v) is 12.8. The van der Waals surface area contributed by atoms with Gasteiger partial charge in [-0.1, -0.05) is 77.2 Å². The fourth-order valence-electron chi connectivity index (χ4n) is 6.00. The number of carbonyl (C=O) groups excluding carboxylic acids is 6. The molecule has 0 unspecified atom stereocenters. The molecule has 0 N–H and O–H groups in total. The first kappa shape index (κ1) is 36.8. The van der Waals surface area contributed by atoms with E-state index in [9.17, 15) is 28.8 Å². The van der Waals surface area contributed by atoms with Gasteiger partial charge in [0, 0.05) is 28.5 Å². The Bertz CT molecular complexity index is 1900. The van der Waals surface area contributed by atoms with Crippen molar-refractivity contribution in [2.24, 2.45) is 0 Å². The first-order chi connectivity index (χ1) is 23.7. The minimum absolute atomic E-state index is 0.154. The van der Waals surface area contributed by atoms with Crippen LogP contribution in [0.5, 0.6) is 0 Å². The number of carbonyl (C=O) groups is 6. The molecule has 0 radical (unpaired) electrons. The third-order valence-electron chi connectivity index (χ3n) is 8.12. The minimum atomic E-state index is -1.73. The van der Waals surface area contributed by atoms with Crippen molar-refractivity contribution in [1.82, 2.24) is 0 Å². The quantitative estimate of drug-likeness (QED) is 0.270. The van der Waals surface area contributed by atoms with Gasteiger partial charge in [0.2, 0.25) is 6.10 Å². The van der Waals surface area contributed by atoms with E-state index in [0.717, 1.165) is 69.3 Å². The number of benzene rings is 2. The number of anilines is 1. The molecular weight excluding hydrogens is 707 g/mol. The van der Waals surface area contributed by atoms with Gasteiger partial charge in [0.1, 0.15) is 18.8 Å². The first-order valence-corrected chi connectivity index (χ1v) is 17.4. The molecule has 2 aromatic rings. The number of amides is 1. The summed E-state index contributed by atoms with van der Waals surface area (Å²) < 4.78 is 24.4. The molecule has 0 bridgehead atoms. The number of ether oxygens (including phenoxy) is 5. The van der Waals surface area contributed by atoms with Crippen molar-refractivity contribution in [2.45, 2.75) is 43.4 Å². The zero-order chi connectivity index (χ0) is 36.7. The van der Waals surface area contributed by atoms with Crippen molar-refractivity contribution >= 4 is 82.3 Å². The van der Waals surface area contributed by atoms with Gasteiger partial charge in [-0.3, -0.25) is 14.5 Å². The monoisotopic (exact) mass is 739 g/mol. The lowest BCUT2D eigenvalue weighted by Crippen LogP contribution is -2.55. The van der Waals surface area contributed by atoms with Crippen molar-refractivity contribution in [3.63, 3.8) is 0 Å². The largest absolute Gasteiger partial charge is 0.466 e. The maximum Gasteiger partial charge on any atom is 0.345 e. The summed E-state index contributed by atoms with van der Waals surface area (Å²) in [4.78, 5) is 82.6. The van der Waals surface area contributed by atoms with Gasteiger partial charge in [-0.25, -0.2) is 19.2 Å². The average Bonchev–Trinajstić information content (AvgIpc) is 3.49. The summed E-state index contributed by atoms with van der Waals surface area (Å²) in [7, 11) is 4.60. The van der Waals surface area contributed by atoms with Gasteiger partial charge in [0.25, 0.3) is 5.91 Å². The third kappa shape index (κ3) is 6.00. The Hall–Kier alpha value is -4.47. The molecular formula is C35H33NO11S3. The smallest absolute Gasteiger partial charge is 0.345 e. The lowest BCUT2D eigenvalue weighted by atomic mass is 9.82. The molecule has 0 fully saturated rings. The summed E-state index contributed by atoms with van der Waals surface area (Å²) in [5.74, 6) is -4.80. The number of fused-ring (bicyclic) bond motifs is 3. The van der Waals surface area contributed by atoms with Crippen molar-refractivity contribution in [1.29, 1.82) is 0 Å². The Morgan fingerprint density at radius 3 is 1.80 bits per heavy atom. The predicted molar refractivity (Wildman–Crippen MR) is 188 cm³/mol. The highest BCUT2D eigenvalue weighted by Crippen LogP contribution is 2.71. The van der Waals surface area contributed by atoms with E-state index in [1.165, 1.54) is 11.8 Å². The van der Waals surface area contributed by atoms with Crippen LogP contribution in [-0.2, 0) is 52.5 Å². The fourth-order valence-corrected chi connectivity index (χ4v) is 11.1. The summed E-state index contributed by atoms with van der Waals surface area (Å²) in [6.45, 7) is 6.55. The first-order valence-electron chi connectivity index (χ1n) is 15.0. The van der Waals surface area contributed by atoms with Crippen molar-refractivity contribution in [3.05, 3.63) is 90.4 Å². The summed E-state index contributed by atoms with van der Waals surface area (Å²) in [6.07, 6.45) is -1.35. The number of methoxy groups -OCH3 is 4. The van der Waals surface area contributed by atoms with Crippen LogP contribution in [0.4, 0.5) is 5.69 Å². The van der Waals surface area contributed by atoms with Crippen LogP contribution in [0.3, 0.4) is 0 Å². The Morgan fingerprint density at radius 1 is 0.740 bits per heavy atom. The van der Waals surface area contributed by atoms with Crippen LogP contribution >= 0.6 is 35.3 Å². The molecule has 1 atom stereocenters. The molecule has 12 nitrogen and oxygen atoms in total. The van der Waals surface area contributed by atoms with Crippen LogP contribution in [0, 0.1) is 6.92 Å². The number of rotatable bonds is 7. The highest BCUT2D eigenvalue weighted by atomic mass is 32.2. The summed E-state index contributed by atoms with van der Waals surface area (Å²) in [5, 5.41) is 0. The van der Waals surface area contributed by atoms with E-state index in [1.54, 1.807) is 62.4 Å². The fraction of sp³-hybridized carbons (Fsp3) is 0.314. The number of aryl methyl sites for hydroxylation is 1. The molecule has 3 aliphatic rings. The van der Waals surface area contributed by atoms with E-state index in [-0.39, 0.29) is 20.3 Å². The molecule has 1 amide bonds. The Kier molecular flexibility index (Phi) is 10.3.